The lowest BCUT2D eigenvalue weighted by Crippen LogP contribution is -2.08. The molecule has 0 aliphatic carbocycles. The molecule has 0 saturated heterocycles. The number of halogens is 1. The first-order valence-electron chi connectivity index (χ1n) is 12.7. The molecule has 0 saturated carbocycles. The number of hydrogen-bond donors (Lipinski definition) is 0. The Morgan fingerprint density at radius 2 is 1.25 bits per heavy atom. The van der Waals surface area contributed by atoms with E-state index in [0.717, 1.165) is 16.7 Å². The van der Waals surface area contributed by atoms with Crippen LogP contribution in [0.3, 0.4) is 0 Å². The topological polar surface area (TPSA) is 78.9 Å². The van der Waals surface area contributed by atoms with Crippen molar-refractivity contribution in [1.29, 1.82) is 0 Å². The molecule has 0 aromatic heterocycles. The highest BCUT2D eigenvalue weighted by atomic mass is 19.1. The normalized spacial score (nSPS) is 10.7. The van der Waals surface area contributed by atoms with Crippen LogP contribution in [0.1, 0.15) is 30.5 Å². The van der Waals surface area contributed by atoms with E-state index in [1.807, 2.05) is 24.3 Å². The van der Waals surface area contributed by atoms with Gasteiger partial charge in [0.2, 0.25) is 0 Å². The third kappa shape index (κ3) is 9.20. The van der Waals surface area contributed by atoms with Crippen LogP contribution < -0.4 is 4.74 Å². The van der Waals surface area contributed by atoms with E-state index >= 15 is 0 Å². The Hall–Kier alpha value is -4.78. The Labute approximate surface area is 233 Å². The Bertz CT molecular complexity index is 1420. The minimum Gasteiger partial charge on any atom is -0.462 e. The van der Waals surface area contributed by atoms with Gasteiger partial charge in [-0.15, -0.1) is 0 Å². The number of rotatable bonds is 12. The molecule has 0 aliphatic heterocycles. The molecule has 0 aliphatic rings. The molecule has 0 heterocycles. The van der Waals surface area contributed by atoms with E-state index in [2.05, 4.69) is 13.2 Å². The van der Waals surface area contributed by atoms with Crippen molar-refractivity contribution in [2.24, 2.45) is 0 Å². The minimum atomic E-state index is -0.642. The van der Waals surface area contributed by atoms with Gasteiger partial charge in [-0.2, -0.15) is 0 Å². The zero-order chi connectivity index (χ0) is 29.1. The van der Waals surface area contributed by atoms with E-state index in [0.29, 0.717) is 35.3 Å². The second kappa shape index (κ2) is 14.4. The van der Waals surface area contributed by atoms with E-state index in [1.165, 1.54) is 18.2 Å². The van der Waals surface area contributed by atoms with Gasteiger partial charge in [-0.3, -0.25) is 0 Å². The van der Waals surface area contributed by atoms with Gasteiger partial charge in [-0.25, -0.2) is 18.8 Å². The quantitative estimate of drug-likeness (QED) is 0.149. The molecule has 0 amide bonds. The standard InChI is InChI=1S/C33H31FO6/c1-22(2)32(36)38-19-17-24-5-9-26(10-6-24)28-12-11-27(30(34)21-28)13-16-31(35)40-29-14-7-25(8-15-29)18-20-39-33(37)23(3)4/h5-16,21H,1,3,17-20H2,2,4H3/b16-13+. The first-order chi connectivity index (χ1) is 19.1. The summed E-state index contributed by atoms with van der Waals surface area (Å²) in [5.41, 5.74) is 4.35. The number of hydrogen-bond acceptors (Lipinski definition) is 6. The van der Waals surface area contributed by atoms with Gasteiger partial charge in [-0.05, 0) is 60.4 Å². The fourth-order valence-electron chi connectivity index (χ4n) is 3.51. The minimum absolute atomic E-state index is 0.220. The van der Waals surface area contributed by atoms with Crippen LogP contribution in [0, 0.1) is 5.82 Å². The maximum atomic E-state index is 14.7. The summed E-state index contributed by atoms with van der Waals surface area (Å²) < 4.78 is 30.2. The summed E-state index contributed by atoms with van der Waals surface area (Å²) in [6.45, 7) is 10.7. The summed E-state index contributed by atoms with van der Waals surface area (Å²) in [7, 11) is 0. The van der Waals surface area contributed by atoms with Gasteiger partial charge < -0.3 is 14.2 Å². The van der Waals surface area contributed by atoms with Crippen molar-refractivity contribution in [1.82, 2.24) is 0 Å². The number of esters is 3. The van der Waals surface area contributed by atoms with E-state index < -0.39 is 23.7 Å². The molecular formula is C33H31FO6. The lowest BCUT2D eigenvalue weighted by molar-refractivity contribution is -0.139. The summed E-state index contributed by atoms with van der Waals surface area (Å²) >= 11 is 0. The molecule has 3 aromatic carbocycles. The van der Waals surface area contributed by atoms with Crippen LogP contribution in [0.5, 0.6) is 5.75 Å². The maximum Gasteiger partial charge on any atom is 0.336 e. The van der Waals surface area contributed by atoms with Crippen LogP contribution >= 0.6 is 0 Å². The van der Waals surface area contributed by atoms with Gasteiger partial charge in [0.05, 0.1) is 13.2 Å². The molecule has 0 bridgehead atoms. The molecule has 40 heavy (non-hydrogen) atoms. The van der Waals surface area contributed by atoms with Crippen LogP contribution in [-0.2, 0) is 36.7 Å². The molecule has 3 rings (SSSR count). The van der Waals surface area contributed by atoms with Gasteiger partial charge in [0, 0.05) is 35.6 Å². The first kappa shape index (κ1) is 29.8. The van der Waals surface area contributed by atoms with Gasteiger partial charge in [0.25, 0.3) is 0 Å². The lowest BCUT2D eigenvalue weighted by atomic mass is 10.0. The van der Waals surface area contributed by atoms with Gasteiger partial charge >= 0.3 is 17.9 Å². The third-order valence-electron chi connectivity index (χ3n) is 5.77. The van der Waals surface area contributed by atoms with E-state index in [9.17, 15) is 18.8 Å². The molecule has 0 N–H and O–H groups in total. The van der Waals surface area contributed by atoms with Crippen molar-refractivity contribution in [3.8, 4) is 16.9 Å². The molecule has 3 aromatic rings. The smallest absolute Gasteiger partial charge is 0.336 e. The molecule has 0 unspecified atom stereocenters. The summed E-state index contributed by atoms with van der Waals surface area (Å²) in [6, 6.07) is 19.1. The lowest BCUT2D eigenvalue weighted by Gasteiger charge is -2.07. The molecule has 6 nitrogen and oxygen atoms in total. The second-order valence-corrected chi connectivity index (χ2v) is 9.16. The molecular weight excluding hydrogens is 511 g/mol. The van der Waals surface area contributed by atoms with Crippen molar-refractivity contribution < 1.29 is 33.0 Å². The molecule has 0 atom stereocenters. The summed E-state index contributed by atoms with van der Waals surface area (Å²) in [4.78, 5) is 35.1. The fraction of sp³-hybridized carbons (Fsp3) is 0.182. The summed E-state index contributed by atoms with van der Waals surface area (Å²) in [5, 5.41) is 0. The number of carbonyl (C=O) groups is 3. The summed E-state index contributed by atoms with van der Waals surface area (Å²) in [5.74, 6) is -1.63. The van der Waals surface area contributed by atoms with Crippen LogP contribution in [-0.4, -0.2) is 31.1 Å². The average Bonchev–Trinajstić information content (AvgIpc) is 2.93. The third-order valence-corrected chi connectivity index (χ3v) is 5.77. The second-order valence-electron chi connectivity index (χ2n) is 9.16. The molecule has 7 heteroatoms. The van der Waals surface area contributed by atoms with Crippen LogP contribution in [0.15, 0.2) is 97.1 Å². The number of ether oxygens (including phenoxy) is 3. The predicted octanol–water partition coefficient (Wildman–Crippen LogP) is 6.44. The van der Waals surface area contributed by atoms with Crippen LogP contribution in [0.4, 0.5) is 4.39 Å². The fourth-order valence-corrected chi connectivity index (χ4v) is 3.51. The van der Waals surface area contributed by atoms with Crippen molar-refractivity contribution in [2.75, 3.05) is 13.2 Å². The molecule has 0 fully saturated rings. The SMILES string of the molecule is C=C(C)C(=O)OCCc1ccc(OC(=O)/C=C/c2ccc(-c3ccc(CCOC(=O)C(=C)C)cc3)cc2F)cc1. The monoisotopic (exact) mass is 542 g/mol. The van der Waals surface area contributed by atoms with Crippen molar-refractivity contribution in [3.63, 3.8) is 0 Å². The van der Waals surface area contributed by atoms with Gasteiger partial charge in [0.1, 0.15) is 11.6 Å². The van der Waals surface area contributed by atoms with Crippen molar-refractivity contribution in [3.05, 3.63) is 120 Å². The molecule has 0 spiro atoms. The first-order valence-corrected chi connectivity index (χ1v) is 12.7. The Morgan fingerprint density at radius 3 is 1.75 bits per heavy atom. The predicted molar refractivity (Wildman–Crippen MR) is 152 cm³/mol. The zero-order valence-corrected chi connectivity index (χ0v) is 22.6. The van der Waals surface area contributed by atoms with Crippen molar-refractivity contribution >= 4 is 24.0 Å². The van der Waals surface area contributed by atoms with E-state index in [-0.39, 0.29) is 18.8 Å². The molecule has 206 valence electrons. The molecule has 0 radical (unpaired) electrons. The van der Waals surface area contributed by atoms with E-state index in [1.54, 1.807) is 50.2 Å². The number of carbonyl (C=O) groups excluding carboxylic acids is 3. The highest BCUT2D eigenvalue weighted by Crippen LogP contribution is 2.23. The van der Waals surface area contributed by atoms with E-state index in [4.69, 9.17) is 14.2 Å². The van der Waals surface area contributed by atoms with Gasteiger partial charge in [-0.1, -0.05) is 61.7 Å². The maximum absolute atomic E-state index is 14.7. The number of benzene rings is 3. The van der Waals surface area contributed by atoms with Crippen LogP contribution in [0.25, 0.3) is 17.2 Å². The highest BCUT2D eigenvalue weighted by Gasteiger charge is 2.08. The Balaban J connectivity index is 1.51. The Kier molecular flexibility index (Phi) is 10.7. The highest BCUT2D eigenvalue weighted by molar-refractivity contribution is 5.89. The zero-order valence-electron chi connectivity index (χ0n) is 22.6. The van der Waals surface area contributed by atoms with Gasteiger partial charge in [0.15, 0.2) is 0 Å². The Morgan fingerprint density at radius 1 is 0.750 bits per heavy atom. The van der Waals surface area contributed by atoms with Crippen LogP contribution in [0.2, 0.25) is 0 Å². The largest absolute Gasteiger partial charge is 0.462 e. The summed E-state index contributed by atoms with van der Waals surface area (Å²) in [6.07, 6.45) is 3.60. The van der Waals surface area contributed by atoms with Crippen molar-refractivity contribution in [2.45, 2.75) is 26.7 Å². The average molecular weight is 543 g/mol.